The highest BCUT2D eigenvalue weighted by atomic mass is 19.2. The number of halogens is 4. The molecule has 0 fully saturated rings. The summed E-state index contributed by atoms with van der Waals surface area (Å²) in [6.07, 6.45) is -0.476. The van der Waals surface area contributed by atoms with Crippen molar-refractivity contribution in [3.05, 3.63) is 57.7 Å². The van der Waals surface area contributed by atoms with E-state index < -0.39 is 69.2 Å². The van der Waals surface area contributed by atoms with E-state index in [0.29, 0.717) is 6.07 Å². The molecule has 0 heterocycles. The third-order valence-electron chi connectivity index (χ3n) is 3.98. The molecule has 0 aliphatic rings. The maximum atomic E-state index is 14.2. The van der Waals surface area contributed by atoms with Crippen molar-refractivity contribution < 1.29 is 52.0 Å². The lowest BCUT2D eigenvalue weighted by Gasteiger charge is -2.13. The number of carboxylic acids is 1. The summed E-state index contributed by atoms with van der Waals surface area (Å²) in [6, 6.07) is 1.41. The fourth-order valence-corrected chi connectivity index (χ4v) is 2.52. The Morgan fingerprint density at radius 1 is 0.897 bits per heavy atom. The Balaban J connectivity index is 2.67. The van der Waals surface area contributed by atoms with Crippen molar-refractivity contribution in [1.29, 1.82) is 0 Å². The lowest BCUT2D eigenvalue weighted by molar-refractivity contribution is -0.140. The molecule has 0 aliphatic carbocycles. The average Bonchev–Trinajstić information content (AvgIpc) is 2.67. The summed E-state index contributed by atoms with van der Waals surface area (Å²) < 4.78 is 59.4. The number of ether oxygens (including phenoxy) is 1. The average molecular weight is 416 g/mol. The number of carbonyl (C=O) groups is 3. The molecule has 0 amide bonds. The molecule has 2 aromatic rings. The van der Waals surface area contributed by atoms with E-state index in [2.05, 4.69) is 4.74 Å². The number of phenolic OH excluding ortho intramolecular Hbond substituents is 2. The highest BCUT2D eigenvalue weighted by Crippen LogP contribution is 2.33. The number of aryl methyl sites for hydroxylation is 1. The van der Waals surface area contributed by atoms with Gasteiger partial charge in [-0.25, -0.2) is 22.4 Å². The summed E-state index contributed by atoms with van der Waals surface area (Å²) >= 11 is 0. The highest BCUT2D eigenvalue weighted by molar-refractivity contribution is 6.16. The lowest BCUT2D eigenvalue weighted by Crippen LogP contribution is -2.18. The summed E-state index contributed by atoms with van der Waals surface area (Å²) in [7, 11) is 1.10. The smallest absolute Gasteiger partial charge is 0.339 e. The predicted molar refractivity (Wildman–Crippen MR) is 86.8 cm³/mol. The molecule has 0 aromatic heterocycles. The van der Waals surface area contributed by atoms with Crippen LogP contribution in [-0.2, 0) is 16.0 Å². The zero-order valence-corrected chi connectivity index (χ0v) is 14.6. The van der Waals surface area contributed by atoms with Crippen LogP contribution in [0.15, 0.2) is 12.1 Å². The van der Waals surface area contributed by atoms with Crippen LogP contribution < -0.4 is 0 Å². The summed E-state index contributed by atoms with van der Waals surface area (Å²) in [6.45, 7) is 0. The second kappa shape index (κ2) is 8.17. The van der Waals surface area contributed by atoms with Gasteiger partial charge in [0.1, 0.15) is 17.1 Å². The number of carboxylic acid groups (broad SMARTS) is 1. The quantitative estimate of drug-likeness (QED) is 0.218. The first-order valence-electron chi connectivity index (χ1n) is 7.76. The van der Waals surface area contributed by atoms with E-state index in [0.717, 1.165) is 13.2 Å². The van der Waals surface area contributed by atoms with Crippen molar-refractivity contribution in [3.63, 3.8) is 0 Å². The molecule has 0 bridgehead atoms. The van der Waals surface area contributed by atoms with Crippen molar-refractivity contribution in [2.45, 2.75) is 12.8 Å². The summed E-state index contributed by atoms with van der Waals surface area (Å²) in [5.41, 5.74) is -4.38. The zero-order chi connectivity index (χ0) is 22.0. The van der Waals surface area contributed by atoms with Gasteiger partial charge in [0.15, 0.2) is 23.3 Å². The van der Waals surface area contributed by atoms with Gasteiger partial charge in [-0.1, -0.05) is 0 Å². The maximum Gasteiger partial charge on any atom is 0.339 e. The number of carbonyl (C=O) groups excluding carboxylic acids is 2. The molecule has 2 aromatic carbocycles. The molecule has 0 radical (unpaired) electrons. The third-order valence-corrected chi connectivity index (χ3v) is 3.98. The Labute approximate surface area is 159 Å². The normalized spacial score (nSPS) is 10.7. The molecule has 0 aliphatic heterocycles. The first-order valence-corrected chi connectivity index (χ1v) is 7.76. The van der Waals surface area contributed by atoms with Crippen LogP contribution in [0.5, 0.6) is 11.5 Å². The van der Waals surface area contributed by atoms with E-state index in [9.17, 15) is 42.2 Å². The van der Waals surface area contributed by atoms with Gasteiger partial charge in [0, 0.05) is 12.5 Å². The van der Waals surface area contributed by atoms with E-state index >= 15 is 0 Å². The van der Waals surface area contributed by atoms with Crippen molar-refractivity contribution in [1.82, 2.24) is 0 Å². The molecule has 154 valence electrons. The van der Waals surface area contributed by atoms with Crippen molar-refractivity contribution in [3.8, 4) is 11.5 Å². The van der Waals surface area contributed by atoms with E-state index in [-0.39, 0.29) is 18.4 Å². The predicted octanol–water partition coefficient (Wildman–Crippen LogP) is 2.69. The van der Waals surface area contributed by atoms with Gasteiger partial charge in [-0.2, -0.15) is 0 Å². The lowest BCUT2D eigenvalue weighted by atomic mass is 9.94. The molecule has 0 saturated heterocycles. The second-order valence-corrected chi connectivity index (χ2v) is 5.71. The van der Waals surface area contributed by atoms with Crippen molar-refractivity contribution in [2.75, 3.05) is 7.11 Å². The molecule has 0 spiro atoms. The maximum absolute atomic E-state index is 14.2. The minimum atomic E-state index is -2.43. The van der Waals surface area contributed by atoms with Crippen LogP contribution in [0.3, 0.4) is 0 Å². The molecule has 0 saturated carbocycles. The molecule has 29 heavy (non-hydrogen) atoms. The van der Waals surface area contributed by atoms with Crippen LogP contribution >= 0.6 is 0 Å². The number of methoxy groups -OCH3 is 1. The van der Waals surface area contributed by atoms with Crippen LogP contribution in [0.1, 0.15) is 38.3 Å². The number of hydrogen-bond acceptors (Lipinski definition) is 6. The molecule has 3 N–H and O–H groups in total. The molecule has 0 atom stereocenters. The molecule has 0 unspecified atom stereocenters. The minimum absolute atomic E-state index is 0.114. The first kappa shape index (κ1) is 21.7. The monoisotopic (exact) mass is 416 g/mol. The molecule has 7 nitrogen and oxygen atoms in total. The number of esters is 1. The van der Waals surface area contributed by atoms with Gasteiger partial charge in [-0.3, -0.25) is 9.59 Å². The van der Waals surface area contributed by atoms with Crippen LogP contribution in [0, 0.1) is 23.3 Å². The number of aromatic hydroxyl groups is 2. The van der Waals surface area contributed by atoms with Crippen molar-refractivity contribution in [2.24, 2.45) is 0 Å². The van der Waals surface area contributed by atoms with E-state index in [1.165, 1.54) is 0 Å². The van der Waals surface area contributed by atoms with Crippen LogP contribution in [0.25, 0.3) is 0 Å². The van der Waals surface area contributed by atoms with Crippen LogP contribution in [0.4, 0.5) is 17.6 Å². The summed E-state index contributed by atoms with van der Waals surface area (Å²) in [5, 5.41) is 28.7. The number of benzene rings is 2. The topological polar surface area (TPSA) is 121 Å². The van der Waals surface area contributed by atoms with Gasteiger partial charge in [0.25, 0.3) is 0 Å². The number of ketones is 1. The van der Waals surface area contributed by atoms with Gasteiger partial charge in [-0.15, -0.1) is 0 Å². The number of phenols is 2. The van der Waals surface area contributed by atoms with Gasteiger partial charge >= 0.3 is 11.9 Å². The van der Waals surface area contributed by atoms with Crippen molar-refractivity contribution >= 4 is 17.7 Å². The second-order valence-electron chi connectivity index (χ2n) is 5.71. The standard InChI is InChI=1S/C18H12F4O7/c1-29-10(25)3-2-6-4-7(9(24)5-8(6)23)17(26)11-12(18(27)28)14(20)16(22)15(21)13(11)19/h4-5,23-24H,2-3H2,1H3,(H,27,28). The Hall–Kier alpha value is -3.63. The molecular weight excluding hydrogens is 404 g/mol. The summed E-state index contributed by atoms with van der Waals surface area (Å²) in [5.74, 6) is -15.6. The van der Waals surface area contributed by atoms with Gasteiger partial charge in [-0.05, 0) is 18.1 Å². The molecule has 11 heteroatoms. The Morgan fingerprint density at radius 2 is 1.45 bits per heavy atom. The van der Waals surface area contributed by atoms with Gasteiger partial charge < -0.3 is 20.1 Å². The number of hydrogen-bond donors (Lipinski definition) is 3. The molecule has 2 rings (SSSR count). The van der Waals surface area contributed by atoms with Gasteiger partial charge in [0.05, 0.1) is 18.2 Å². The minimum Gasteiger partial charge on any atom is -0.508 e. The number of rotatable bonds is 6. The van der Waals surface area contributed by atoms with Gasteiger partial charge in [0.2, 0.25) is 5.78 Å². The largest absolute Gasteiger partial charge is 0.508 e. The Morgan fingerprint density at radius 3 is 1.97 bits per heavy atom. The fraction of sp³-hybridized carbons (Fsp3) is 0.167. The van der Waals surface area contributed by atoms with Crippen LogP contribution in [0.2, 0.25) is 0 Å². The Kier molecular flexibility index (Phi) is 6.10. The zero-order valence-electron chi connectivity index (χ0n) is 14.6. The molecular formula is C18H12F4O7. The first-order chi connectivity index (χ1) is 13.5. The SMILES string of the molecule is COC(=O)CCc1cc(C(=O)c2c(F)c(F)c(F)c(F)c2C(=O)O)c(O)cc1O. The Bertz CT molecular complexity index is 1030. The van der Waals surface area contributed by atoms with E-state index in [1.54, 1.807) is 0 Å². The fourth-order valence-electron chi connectivity index (χ4n) is 2.52. The number of aromatic carboxylic acids is 1. The van der Waals surface area contributed by atoms with E-state index in [1.807, 2.05) is 0 Å². The highest BCUT2D eigenvalue weighted by Gasteiger charge is 2.34. The van der Waals surface area contributed by atoms with E-state index in [4.69, 9.17) is 5.11 Å². The summed E-state index contributed by atoms with van der Waals surface area (Å²) in [4.78, 5) is 35.0. The van der Waals surface area contributed by atoms with Crippen LogP contribution in [-0.4, -0.2) is 40.2 Å². The third kappa shape index (κ3) is 3.98.